The lowest BCUT2D eigenvalue weighted by Crippen LogP contribution is -2.10. The summed E-state index contributed by atoms with van der Waals surface area (Å²) in [6, 6.07) is 2.73. The molecular formula is C13H11F3N6S. The Balaban J connectivity index is 1.99. The van der Waals surface area contributed by atoms with Crippen molar-refractivity contribution in [3.63, 3.8) is 0 Å². The van der Waals surface area contributed by atoms with Crippen LogP contribution in [0.2, 0.25) is 0 Å². The summed E-state index contributed by atoms with van der Waals surface area (Å²) < 4.78 is 39.9. The number of rotatable bonds is 2. The Bertz CT molecular complexity index is 889. The van der Waals surface area contributed by atoms with Gasteiger partial charge in [0, 0.05) is 17.1 Å². The first-order chi connectivity index (χ1) is 10.7. The van der Waals surface area contributed by atoms with Crippen molar-refractivity contribution in [3.05, 3.63) is 34.9 Å². The Morgan fingerprint density at radius 1 is 0.913 bits per heavy atom. The standard InChI is InChI=1S/C13H11F3N6S/c1-6-4-8(3)22-10(17-6)20-12(21-22)23-11-18-7(2)5-9(19-11)13(14,15)16/h4-5H,1-3H3. The monoisotopic (exact) mass is 340 g/mol. The van der Waals surface area contributed by atoms with E-state index in [9.17, 15) is 13.2 Å². The van der Waals surface area contributed by atoms with Crippen molar-refractivity contribution in [2.24, 2.45) is 0 Å². The summed E-state index contributed by atoms with van der Waals surface area (Å²) in [6.45, 7) is 5.15. The average Bonchev–Trinajstić information content (AvgIpc) is 2.79. The van der Waals surface area contributed by atoms with Crippen molar-refractivity contribution in [1.82, 2.24) is 29.5 Å². The van der Waals surface area contributed by atoms with E-state index in [1.54, 1.807) is 0 Å². The van der Waals surface area contributed by atoms with Gasteiger partial charge in [0.15, 0.2) is 5.16 Å². The minimum atomic E-state index is -4.52. The van der Waals surface area contributed by atoms with Gasteiger partial charge in [0.05, 0.1) is 0 Å². The smallest absolute Gasteiger partial charge is 0.228 e. The minimum Gasteiger partial charge on any atom is -0.228 e. The van der Waals surface area contributed by atoms with E-state index < -0.39 is 11.9 Å². The number of alkyl halides is 3. The summed E-state index contributed by atoms with van der Waals surface area (Å²) in [5.41, 5.74) is 0.850. The second-order valence-electron chi connectivity index (χ2n) is 4.92. The molecule has 23 heavy (non-hydrogen) atoms. The molecule has 0 aromatic carbocycles. The molecule has 0 fully saturated rings. The quantitative estimate of drug-likeness (QED) is 0.668. The molecule has 0 atom stereocenters. The molecule has 0 aliphatic heterocycles. The highest BCUT2D eigenvalue weighted by Gasteiger charge is 2.33. The third-order valence-electron chi connectivity index (χ3n) is 2.91. The van der Waals surface area contributed by atoms with Gasteiger partial charge in [0.2, 0.25) is 5.16 Å². The molecule has 3 aromatic heterocycles. The zero-order chi connectivity index (χ0) is 16.8. The molecule has 0 unspecified atom stereocenters. The first kappa shape index (κ1) is 15.7. The van der Waals surface area contributed by atoms with Crippen LogP contribution in [0.15, 0.2) is 22.4 Å². The number of hydrogen-bond acceptors (Lipinski definition) is 6. The van der Waals surface area contributed by atoms with E-state index in [4.69, 9.17) is 0 Å². The van der Waals surface area contributed by atoms with Gasteiger partial charge in [0.25, 0.3) is 5.78 Å². The summed E-state index contributed by atoms with van der Waals surface area (Å²) in [4.78, 5) is 15.9. The van der Waals surface area contributed by atoms with Gasteiger partial charge in [-0.25, -0.2) is 19.5 Å². The van der Waals surface area contributed by atoms with E-state index in [0.717, 1.165) is 29.2 Å². The van der Waals surface area contributed by atoms with Crippen LogP contribution in [-0.4, -0.2) is 29.5 Å². The first-order valence-electron chi connectivity index (χ1n) is 6.54. The third-order valence-corrected chi connectivity index (χ3v) is 3.63. The van der Waals surface area contributed by atoms with Crippen LogP contribution in [0.5, 0.6) is 0 Å². The van der Waals surface area contributed by atoms with Crippen LogP contribution >= 0.6 is 11.8 Å². The highest BCUT2D eigenvalue weighted by molar-refractivity contribution is 7.99. The fraction of sp³-hybridized carbons (Fsp3) is 0.308. The predicted octanol–water partition coefficient (Wildman–Crippen LogP) is 3.01. The van der Waals surface area contributed by atoms with Crippen LogP contribution in [0, 0.1) is 20.8 Å². The zero-order valence-corrected chi connectivity index (χ0v) is 13.2. The Hall–Kier alpha value is -2.23. The van der Waals surface area contributed by atoms with E-state index in [1.807, 2.05) is 19.9 Å². The van der Waals surface area contributed by atoms with E-state index in [0.29, 0.717) is 5.78 Å². The number of fused-ring (bicyclic) bond motifs is 1. The van der Waals surface area contributed by atoms with Crippen molar-refractivity contribution in [2.45, 2.75) is 37.3 Å². The maximum atomic E-state index is 12.8. The van der Waals surface area contributed by atoms with Crippen LogP contribution in [-0.2, 0) is 6.18 Å². The van der Waals surface area contributed by atoms with Gasteiger partial charge in [-0.2, -0.15) is 18.2 Å². The van der Waals surface area contributed by atoms with Gasteiger partial charge in [-0.3, -0.25) is 0 Å². The van der Waals surface area contributed by atoms with Crippen molar-refractivity contribution in [2.75, 3.05) is 0 Å². The van der Waals surface area contributed by atoms with Gasteiger partial charge < -0.3 is 0 Å². The highest BCUT2D eigenvalue weighted by Crippen LogP contribution is 2.30. The number of nitrogens with zero attached hydrogens (tertiary/aromatic N) is 6. The summed E-state index contributed by atoms with van der Waals surface area (Å²) in [5.74, 6) is 0.383. The van der Waals surface area contributed by atoms with Crippen LogP contribution in [0.1, 0.15) is 22.8 Å². The lowest BCUT2D eigenvalue weighted by molar-refractivity contribution is -0.141. The summed E-state index contributed by atoms with van der Waals surface area (Å²) >= 11 is 0.867. The fourth-order valence-corrected chi connectivity index (χ4v) is 2.75. The van der Waals surface area contributed by atoms with Crippen LogP contribution < -0.4 is 0 Å². The minimum absolute atomic E-state index is 0.0531. The molecule has 0 aliphatic rings. The summed E-state index contributed by atoms with van der Waals surface area (Å²) in [6.07, 6.45) is -4.52. The first-order valence-corrected chi connectivity index (χ1v) is 7.36. The van der Waals surface area contributed by atoms with E-state index in [2.05, 4.69) is 25.0 Å². The molecule has 120 valence electrons. The fourth-order valence-electron chi connectivity index (χ4n) is 2.01. The Labute approximate surface area is 133 Å². The number of halogens is 3. The normalized spacial score (nSPS) is 12.1. The van der Waals surface area contributed by atoms with Gasteiger partial charge in [-0.1, -0.05) is 0 Å². The van der Waals surface area contributed by atoms with E-state index in [-0.39, 0.29) is 16.0 Å². The SMILES string of the molecule is Cc1cc(C(F)(F)F)nc(Sc2nc3nc(C)cc(C)n3n2)n1. The zero-order valence-electron chi connectivity index (χ0n) is 12.4. The molecule has 3 aromatic rings. The molecule has 6 nitrogen and oxygen atoms in total. The molecule has 0 amide bonds. The lowest BCUT2D eigenvalue weighted by Gasteiger charge is -2.07. The molecule has 0 radical (unpaired) electrons. The molecule has 0 spiro atoms. The van der Waals surface area contributed by atoms with Crippen molar-refractivity contribution in [3.8, 4) is 0 Å². The molecule has 0 aliphatic carbocycles. The van der Waals surface area contributed by atoms with E-state index in [1.165, 1.54) is 11.4 Å². The number of aromatic nitrogens is 6. The molecule has 3 heterocycles. The second-order valence-corrected chi connectivity index (χ2v) is 5.86. The highest BCUT2D eigenvalue weighted by atomic mass is 32.2. The molecule has 0 N–H and O–H groups in total. The third kappa shape index (κ3) is 3.26. The van der Waals surface area contributed by atoms with E-state index >= 15 is 0 Å². The van der Waals surface area contributed by atoms with Gasteiger partial charge >= 0.3 is 6.18 Å². The topological polar surface area (TPSA) is 68.9 Å². The summed E-state index contributed by atoms with van der Waals surface area (Å²) in [5, 5.41) is 4.40. The van der Waals surface area contributed by atoms with Crippen LogP contribution in [0.4, 0.5) is 13.2 Å². The molecule has 0 bridgehead atoms. The molecular weight excluding hydrogens is 329 g/mol. The molecule has 3 rings (SSSR count). The largest absolute Gasteiger partial charge is 0.433 e. The maximum Gasteiger partial charge on any atom is 0.433 e. The predicted molar refractivity (Wildman–Crippen MR) is 76.2 cm³/mol. The average molecular weight is 340 g/mol. The van der Waals surface area contributed by atoms with Crippen molar-refractivity contribution >= 4 is 17.5 Å². The second kappa shape index (κ2) is 5.44. The molecule has 10 heteroatoms. The van der Waals surface area contributed by atoms with Crippen LogP contribution in [0.3, 0.4) is 0 Å². The Morgan fingerprint density at radius 3 is 2.30 bits per heavy atom. The lowest BCUT2D eigenvalue weighted by atomic mass is 10.3. The van der Waals surface area contributed by atoms with Crippen molar-refractivity contribution < 1.29 is 13.2 Å². The van der Waals surface area contributed by atoms with Crippen molar-refractivity contribution in [1.29, 1.82) is 0 Å². The van der Waals surface area contributed by atoms with Gasteiger partial charge in [0.1, 0.15) is 5.69 Å². The summed E-state index contributed by atoms with van der Waals surface area (Å²) in [7, 11) is 0. The number of aryl methyl sites for hydroxylation is 3. The number of hydrogen-bond donors (Lipinski definition) is 0. The van der Waals surface area contributed by atoms with Gasteiger partial charge in [-0.05, 0) is 44.7 Å². The Morgan fingerprint density at radius 2 is 1.61 bits per heavy atom. The van der Waals surface area contributed by atoms with Crippen LogP contribution in [0.25, 0.3) is 5.78 Å². The molecule has 0 saturated carbocycles. The Kier molecular flexibility index (Phi) is 3.71. The maximum absolute atomic E-state index is 12.8. The van der Waals surface area contributed by atoms with Gasteiger partial charge in [-0.15, -0.1) is 5.10 Å². The molecule has 0 saturated heterocycles.